The van der Waals surface area contributed by atoms with Gasteiger partial charge in [0.1, 0.15) is 11.0 Å². The Bertz CT molecular complexity index is 718. The van der Waals surface area contributed by atoms with Gasteiger partial charge in [0.2, 0.25) is 0 Å². The van der Waals surface area contributed by atoms with E-state index in [-0.39, 0.29) is 5.91 Å². The van der Waals surface area contributed by atoms with Crippen LogP contribution in [0.4, 0.5) is 0 Å². The number of hydrogen-bond donors (Lipinski definition) is 1. The van der Waals surface area contributed by atoms with Crippen LogP contribution in [0.3, 0.4) is 0 Å². The molecule has 2 atom stereocenters. The number of methoxy groups -OCH3 is 1. The first-order valence-electron chi connectivity index (χ1n) is 8.32. The number of thioether (sulfide) groups is 1. The smallest absolute Gasteiger partial charge is 0.319 e. The second-order valence-corrected chi connectivity index (χ2v) is 7.13. The molecule has 0 fully saturated rings. The van der Waals surface area contributed by atoms with Crippen LogP contribution in [0.2, 0.25) is 0 Å². The van der Waals surface area contributed by atoms with E-state index in [1.807, 2.05) is 54.6 Å². The highest BCUT2D eigenvalue weighted by molar-refractivity contribution is 8.00. The van der Waals surface area contributed by atoms with Gasteiger partial charge in [0.25, 0.3) is 5.91 Å². The van der Waals surface area contributed by atoms with Crippen LogP contribution >= 0.6 is 11.8 Å². The fourth-order valence-corrected chi connectivity index (χ4v) is 3.03. The monoisotopic (exact) mass is 373 g/mol. The van der Waals surface area contributed by atoms with Crippen LogP contribution in [0.25, 0.3) is 0 Å². The molecule has 0 saturated carbocycles. The number of rotatable bonds is 8. The van der Waals surface area contributed by atoms with E-state index in [4.69, 9.17) is 9.47 Å². The Morgan fingerprint density at radius 3 is 2.31 bits per heavy atom. The van der Waals surface area contributed by atoms with Crippen molar-refractivity contribution < 1.29 is 19.1 Å². The average Bonchev–Trinajstić information content (AvgIpc) is 2.67. The van der Waals surface area contributed by atoms with Gasteiger partial charge in [0.05, 0.1) is 7.11 Å². The molecule has 0 radical (unpaired) electrons. The van der Waals surface area contributed by atoms with Crippen molar-refractivity contribution in [2.45, 2.75) is 36.6 Å². The van der Waals surface area contributed by atoms with E-state index < -0.39 is 17.3 Å². The summed E-state index contributed by atoms with van der Waals surface area (Å²) in [7, 11) is 1.60. The SMILES string of the molecule is COc1ccc(CNC(=O)[C@@H](C)OC(=O)[C@@H](C)Sc2ccccc2)cc1. The van der Waals surface area contributed by atoms with Gasteiger partial charge in [-0.25, -0.2) is 0 Å². The van der Waals surface area contributed by atoms with Gasteiger partial charge in [0.15, 0.2) is 6.10 Å². The van der Waals surface area contributed by atoms with E-state index >= 15 is 0 Å². The van der Waals surface area contributed by atoms with E-state index in [1.165, 1.54) is 11.8 Å². The van der Waals surface area contributed by atoms with Crippen molar-refractivity contribution in [1.29, 1.82) is 0 Å². The maximum atomic E-state index is 12.2. The van der Waals surface area contributed by atoms with Gasteiger partial charge >= 0.3 is 5.97 Å². The third kappa shape index (κ3) is 6.11. The topological polar surface area (TPSA) is 64.6 Å². The number of esters is 1. The zero-order valence-corrected chi connectivity index (χ0v) is 15.9. The van der Waals surface area contributed by atoms with Crippen LogP contribution in [0, 0.1) is 0 Å². The van der Waals surface area contributed by atoms with Crippen molar-refractivity contribution >= 4 is 23.6 Å². The first-order valence-corrected chi connectivity index (χ1v) is 9.20. The number of ether oxygens (including phenoxy) is 2. The Balaban J connectivity index is 1.78. The third-order valence-electron chi connectivity index (χ3n) is 3.68. The number of benzene rings is 2. The van der Waals surface area contributed by atoms with Gasteiger partial charge < -0.3 is 14.8 Å². The normalized spacial score (nSPS) is 12.7. The van der Waals surface area contributed by atoms with Crippen molar-refractivity contribution in [2.75, 3.05) is 7.11 Å². The molecule has 0 aliphatic carbocycles. The van der Waals surface area contributed by atoms with Crippen LogP contribution in [-0.2, 0) is 20.9 Å². The summed E-state index contributed by atoms with van der Waals surface area (Å²) >= 11 is 1.40. The molecule has 138 valence electrons. The van der Waals surface area contributed by atoms with Gasteiger partial charge in [-0.15, -0.1) is 11.8 Å². The number of carbonyl (C=O) groups is 2. The summed E-state index contributed by atoms with van der Waals surface area (Å²) in [6.07, 6.45) is -0.848. The summed E-state index contributed by atoms with van der Waals surface area (Å²) in [5, 5.41) is 2.37. The molecule has 0 aromatic heterocycles. The Kier molecular flexibility index (Phi) is 7.53. The van der Waals surface area contributed by atoms with E-state index in [0.29, 0.717) is 6.54 Å². The lowest BCUT2D eigenvalue weighted by atomic mass is 10.2. The average molecular weight is 373 g/mol. The van der Waals surface area contributed by atoms with E-state index in [1.54, 1.807) is 21.0 Å². The summed E-state index contributed by atoms with van der Waals surface area (Å²) in [4.78, 5) is 25.3. The van der Waals surface area contributed by atoms with Gasteiger partial charge in [-0.3, -0.25) is 9.59 Å². The quantitative estimate of drug-likeness (QED) is 0.567. The zero-order chi connectivity index (χ0) is 18.9. The lowest BCUT2D eigenvalue weighted by molar-refractivity contribution is -0.154. The highest BCUT2D eigenvalue weighted by atomic mass is 32.2. The maximum absolute atomic E-state index is 12.2. The predicted molar refractivity (Wildman–Crippen MR) is 102 cm³/mol. The van der Waals surface area contributed by atoms with Crippen LogP contribution in [0.1, 0.15) is 19.4 Å². The van der Waals surface area contributed by atoms with Crippen molar-refractivity contribution in [2.24, 2.45) is 0 Å². The van der Waals surface area contributed by atoms with Gasteiger partial charge in [0, 0.05) is 11.4 Å². The molecular formula is C20H23NO4S. The second-order valence-electron chi connectivity index (χ2n) is 5.72. The Morgan fingerprint density at radius 2 is 1.69 bits per heavy atom. The minimum absolute atomic E-state index is 0.328. The van der Waals surface area contributed by atoms with Gasteiger partial charge in [-0.1, -0.05) is 30.3 Å². The molecular weight excluding hydrogens is 350 g/mol. The lowest BCUT2D eigenvalue weighted by Crippen LogP contribution is -2.36. The Labute approximate surface area is 158 Å². The van der Waals surface area contributed by atoms with Crippen molar-refractivity contribution in [3.05, 3.63) is 60.2 Å². The standard InChI is InChI=1S/C20H23NO4S/c1-14(19(22)21-13-16-9-11-17(24-3)12-10-16)25-20(23)15(2)26-18-7-5-4-6-8-18/h4-12,14-15H,13H2,1-3H3,(H,21,22)/t14-,15-/m1/s1. The largest absolute Gasteiger partial charge is 0.497 e. The Hall–Kier alpha value is -2.47. The first-order chi connectivity index (χ1) is 12.5. The fourth-order valence-electron chi connectivity index (χ4n) is 2.15. The van der Waals surface area contributed by atoms with E-state index in [9.17, 15) is 9.59 Å². The van der Waals surface area contributed by atoms with Crippen molar-refractivity contribution in [3.8, 4) is 5.75 Å². The summed E-state index contributed by atoms with van der Waals surface area (Å²) in [6.45, 7) is 3.70. The predicted octanol–water partition coefficient (Wildman–Crippen LogP) is 3.42. The number of amides is 1. The molecule has 1 N–H and O–H groups in total. The molecule has 0 bridgehead atoms. The van der Waals surface area contributed by atoms with Crippen molar-refractivity contribution in [3.63, 3.8) is 0 Å². The molecule has 2 aromatic carbocycles. The van der Waals surface area contributed by atoms with E-state index in [0.717, 1.165) is 16.2 Å². The number of hydrogen-bond acceptors (Lipinski definition) is 5. The van der Waals surface area contributed by atoms with Crippen molar-refractivity contribution in [1.82, 2.24) is 5.32 Å². The Morgan fingerprint density at radius 1 is 1.04 bits per heavy atom. The molecule has 0 aliphatic heterocycles. The highest BCUT2D eigenvalue weighted by Crippen LogP contribution is 2.23. The fraction of sp³-hybridized carbons (Fsp3) is 0.300. The molecule has 0 aliphatic rings. The molecule has 5 nitrogen and oxygen atoms in total. The van der Waals surface area contributed by atoms with Gasteiger partial charge in [-0.05, 0) is 43.7 Å². The minimum atomic E-state index is -0.848. The third-order valence-corrected chi connectivity index (χ3v) is 4.77. The van der Waals surface area contributed by atoms with Crippen LogP contribution < -0.4 is 10.1 Å². The molecule has 6 heteroatoms. The summed E-state index contributed by atoms with van der Waals surface area (Å²) in [5.74, 6) is 0.0179. The molecule has 0 spiro atoms. The summed E-state index contributed by atoms with van der Waals surface area (Å²) in [5.41, 5.74) is 0.936. The number of carbonyl (C=O) groups excluding carboxylic acids is 2. The van der Waals surface area contributed by atoms with Crippen LogP contribution in [0.5, 0.6) is 5.75 Å². The first kappa shape index (κ1) is 19.8. The molecule has 2 aromatic rings. The molecule has 1 amide bonds. The number of nitrogens with one attached hydrogen (secondary N) is 1. The summed E-state index contributed by atoms with van der Waals surface area (Å²) in [6, 6.07) is 17.0. The minimum Gasteiger partial charge on any atom is -0.497 e. The van der Waals surface area contributed by atoms with E-state index in [2.05, 4.69) is 5.32 Å². The van der Waals surface area contributed by atoms with Gasteiger partial charge in [-0.2, -0.15) is 0 Å². The van der Waals surface area contributed by atoms with Crippen LogP contribution in [0.15, 0.2) is 59.5 Å². The maximum Gasteiger partial charge on any atom is 0.319 e. The highest BCUT2D eigenvalue weighted by Gasteiger charge is 2.22. The molecule has 0 saturated heterocycles. The zero-order valence-electron chi connectivity index (χ0n) is 15.1. The molecule has 26 heavy (non-hydrogen) atoms. The molecule has 0 heterocycles. The molecule has 0 unspecified atom stereocenters. The summed E-state index contributed by atoms with van der Waals surface area (Å²) < 4.78 is 10.4. The second kappa shape index (κ2) is 9.87. The van der Waals surface area contributed by atoms with Crippen LogP contribution in [-0.4, -0.2) is 30.3 Å². The molecule has 2 rings (SSSR count). The lowest BCUT2D eigenvalue weighted by Gasteiger charge is -2.16.